The quantitative estimate of drug-likeness (QED) is 0.345. The third-order valence-corrected chi connectivity index (χ3v) is 2.28. The van der Waals surface area contributed by atoms with Gasteiger partial charge in [-0.25, -0.2) is 0 Å². The summed E-state index contributed by atoms with van der Waals surface area (Å²) in [7, 11) is 0. The lowest BCUT2D eigenvalue weighted by Crippen LogP contribution is -2.53. The van der Waals surface area contributed by atoms with Crippen molar-refractivity contribution in [2.45, 2.75) is 45.2 Å². The van der Waals surface area contributed by atoms with Gasteiger partial charge in [0.05, 0.1) is 12.6 Å². The highest BCUT2D eigenvalue weighted by atomic mass is 16.4. The predicted molar refractivity (Wildman–Crippen MR) is 60.9 cm³/mol. The largest absolute Gasteiger partial charge is 0.391 e. The van der Waals surface area contributed by atoms with Crippen LogP contribution in [0.15, 0.2) is 0 Å². The molecule has 0 spiro atoms. The SMILES string of the molecule is CC(=O)NN(C[C@@H](O)[C@H](O)[C@H](O)[C@H](C)O)C(C)=O. The molecule has 0 rings (SSSR count). The zero-order valence-corrected chi connectivity index (χ0v) is 10.6. The number of hydrogen-bond donors (Lipinski definition) is 5. The standard InChI is InChI=1S/C10H20N2O6/c1-5(13)9(17)10(18)8(16)4-12(7(3)15)11-6(2)14/h5,8-10,13,16-18H,4H2,1-3H3,(H,11,14)/t5-,8+,9+,10-/m0/s1. The van der Waals surface area contributed by atoms with E-state index in [1.54, 1.807) is 0 Å². The molecule has 0 aliphatic carbocycles. The normalized spacial score (nSPS) is 17.5. The van der Waals surface area contributed by atoms with Crippen LogP contribution in [0.4, 0.5) is 0 Å². The van der Waals surface area contributed by atoms with Crippen molar-refractivity contribution in [1.82, 2.24) is 10.4 Å². The van der Waals surface area contributed by atoms with Gasteiger partial charge in [-0.15, -0.1) is 0 Å². The van der Waals surface area contributed by atoms with Crippen LogP contribution >= 0.6 is 0 Å². The molecule has 0 aromatic heterocycles. The molecule has 5 N–H and O–H groups in total. The van der Waals surface area contributed by atoms with Crippen molar-refractivity contribution in [3.63, 3.8) is 0 Å². The van der Waals surface area contributed by atoms with E-state index in [2.05, 4.69) is 5.43 Å². The number of hydrogen-bond acceptors (Lipinski definition) is 6. The predicted octanol–water partition coefficient (Wildman–Crippen LogP) is -2.65. The van der Waals surface area contributed by atoms with Gasteiger partial charge in [0, 0.05) is 13.8 Å². The summed E-state index contributed by atoms with van der Waals surface area (Å²) >= 11 is 0. The van der Waals surface area contributed by atoms with Crippen LogP contribution in [0.2, 0.25) is 0 Å². The fourth-order valence-electron chi connectivity index (χ4n) is 1.25. The molecule has 106 valence electrons. The zero-order chi connectivity index (χ0) is 14.5. The summed E-state index contributed by atoms with van der Waals surface area (Å²) in [6.45, 7) is 3.19. The highest BCUT2D eigenvalue weighted by Gasteiger charge is 2.30. The summed E-state index contributed by atoms with van der Waals surface area (Å²) in [6.07, 6.45) is -5.93. The van der Waals surface area contributed by atoms with E-state index >= 15 is 0 Å². The Morgan fingerprint density at radius 2 is 1.61 bits per heavy atom. The van der Waals surface area contributed by atoms with Crippen molar-refractivity contribution in [2.75, 3.05) is 6.54 Å². The lowest BCUT2D eigenvalue weighted by Gasteiger charge is -2.29. The average molecular weight is 264 g/mol. The maximum absolute atomic E-state index is 11.1. The minimum atomic E-state index is -1.64. The van der Waals surface area contributed by atoms with Crippen LogP contribution in [0.5, 0.6) is 0 Å². The fraction of sp³-hybridized carbons (Fsp3) is 0.800. The summed E-state index contributed by atoms with van der Waals surface area (Å²) in [5.41, 5.74) is 2.16. The number of nitrogens with zero attached hydrogens (tertiary/aromatic N) is 1. The Hall–Kier alpha value is -1.22. The third kappa shape index (κ3) is 5.41. The second kappa shape index (κ2) is 7.27. The molecule has 0 aromatic carbocycles. The number of amides is 2. The minimum Gasteiger partial charge on any atom is -0.391 e. The maximum atomic E-state index is 11.1. The number of carbonyl (C=O) groups excluding carboxylic acids is 2. The van der Waals surface area contributed by atoms with Gasteiger partial charge >= 0.3 is 0 Å². The van der Waals surface area contributed by atoms with Gasteiger partial charge in [-0.2, -0.15) is 0 Å². The van der Waals surface area contributed by atoms with Crippen LogP contribution < -0.4 is 5.43 Å². The Balaban J connectivity index is 4.54. The molecule has 0 aromatic rings. The van der Waals surface area contributed by atoms with Crippen LogP contribution in [0.1, 0.15) is 20.8 Å². The fourth-order valence-corrected chi connectivity index (χ4v) is 1.25. The van der Waals surface area contributed by atoms with Gasteiger partial charge in [0.15, 0.2) is 0 Å². The highest BCUT2D eigenvalue weighted by Crippen LogP contribution is 2.06. The Morgan fingerprint density at radius 1 is 1.11 bits per heavy atom. The summed E-state index contributed by atoms with van der Waals surface area (Å²) in [4.78, 5) is 22.0. The second-order valence-electron chi connectivity index (χ2n) is 4.09. The van der Waals surface area contributed by atoms with Crippen molar-refractivity contribution >= 4 is 11.8 Å². The molecule has 0 saturated heterocycles. The summed E-state index contributed by atoms with van der Waals surface area (Å²) in [5, 5.41) is 38.3. The molecule has 0 unspecified atom stereocenters. The van der Waals surface area contributed by atoms with Crippen molar-refractivity contribution in [3.05, 3.63) is 0 Å². The molecule has 0 radical (unpaired) electrons. The van der Waals surface area contributed by atoms with E-state index in [9.17, 15) is 24.9 Å². The summed E-state index contributed by atoms with van der Waals surface area (Å²) in [6, 6.07) is 0. The van der Waals surface area contributed by atoms with E-state index in [4.69, 9.17) is 5.11 Å². The Kier molecular flexibility index (Phi) is 6.77. The van der Waals surface area contributed by atoms with Gasteiger partial charge in [0.1, 0.15) is 18.3 Å². The Bertz CT molecular complexity index is 296. The van der Waals surface area contributed by atoms with Crippen LogP contribution in [0.25, 0.3) is 0 Å². The second-order valence-corrected chi connectivity index (χ2v) is 4.09. The number of aliphatic hydroxyl groups is 4. The van der Waals surface area contributed by atoms with Crippen molar-refractivity contribution in [2.24, 2.45) is 0 Å². The maximum Gasteiger partial charge on any atom is 0.237 e. The first-order valence-corrected chi connectivity index (χ1v) is 5.44. The molecule has 0 fully saturated rings. The van der Waals surface area contributed by atoms with E-state index in [0.29, 0.717) is 0 Å². The van der Waals surface area contributed by atoms with E-state index in [1.807, 2.05) is 0 Å². The molecular weight excluding hydrogens is 244 g/mol. The number of carbonyl (C=O) groups is 2. The van der Waals surface area contributed by atoms with E-state index in [-0.39, 0.29) is 0 Å². The van der Waals surface area contributed by atoms with Crippen molar-refractivity contribution in [1.29, 1.82) is 0 Å². The van der Waals surface area contributed by atoms with Crippen LogP contribution in [-0.4, -0.2) is 68.2 Å². The van der Waals surface area contributed by atoms with E-state index < -0.39 is 42.8 Å². The first kappa shape index (κ1) is 16.8. The molecule has 0 saturated carbocycles. The lowest BCUT2D eigenvalue weighted by atomic mass is 10.0. The van der Waals surface area contributed by atoms with Crippen LogP contribution in [-0.2, 0) is 9.59 Å². The monoisotopic (exact) mass is 264 g/mol. The molecule has 4 atom stereocenters. The first-order valence-electron chi connectivity index (χ1n) is 5.44. The molecule has 18 heavy (non-hydrogen) atoms. The van der Waals surface area contributed by atoms with Crippen LogP contribution in [0, 0.1) is 0 Å². The highest BCUT2D eigenvalue weighted by molar-refractivity contribution is 5.79. The van der Waals surface area contributed by atoms with Crippen LogP contribution in [0.3, 0.4) is 0 Å². The topological polar surface area (TPSA) is 130 Å². The van der Waals surface area contributed by atoms with Gasteiger partial charge in [-0.3, -0.25) is 20.0 Å². The van der Waals surface area contributed by atoms with E-state index in [0.717, 1.165) is 5.01 Å². The number of rotatable bonds is 5. The first-order chi connectivity index (χ1) is 8.16. The van der Waals surface area contributed by atoms with Crippen molar-refractivity contribution < 1.29 is 30.0 Å². The van der Waals surface area contributed by atoms with Gasteiger partial charge in [0.25, 0.3) is 0 Å². The molecule has 8 heteroatoms. The third-order valence-electron chi connectivity index (χ3n) is 2.28. The van der Waals surface area contributed by atoms with Gasteiger partial charge in [0.2, 0.25) is 11.8 Å². The Labute approximate surface area is 105 Å². The van der Waals surface area contributed by atoms with Gasteiger partial charge in [-0.05, 0) is 6.92 Å². The van der Waals surface area contributed by atoms with Gasteiger partial charge < -0.3 is 20.4 Å². The molecule has 8 nitrogen and oxygen atoms in total. The molecule has 2 amide bonds. The average Bonchev–Trinajstić information content (AvgIpc) is 2.24. The number of hydrazine groups is 1. The van der Waals surface area contributed by atoms with E-state index in [1.165, 1.54) is 20.8 Å². The van der Waals surface area contributed by atoms with Gasteiger partial charge in [-0.1, -0.05) is 0 Å². The van der Waals surface area contributed by atoms with Crippen molar-refractivity contribution in [3.8, 4) is 0 Å². The molecule has 0 bridgehead atoms. The number of aliphatic hydroxyl groups excluding tert-OH is 4. The summed E-state index contributed by atoms with van der Waals surface area (Å²) in [5.74, 6) is -1.05. The lowest BCUT2D eigenvalue weighted by molar-refractivity contribution is -0.145. The zero-order valence-electron chi connectivity index (χ0n) is 10.6. The summed E-state index contributed by atoms with van der Waals surface area (Å²) < 4.78 is 0. The smallest absolute Gasteiger partial charge is 0.237 e. The molecular formula is C10H20N2O6. The molecule has 0 aliphatic rings. The molecule has 0 aliphatic heterocycles. The number of nitrogens with one attached hydrogen (secondary N) is 1. The minimum absolute atomic E-state index is 0.403. The Morgan fingerprint density at radius 3 is 1.94 bits per heavy atom. The molecule has 0 heterocycles.